The fourth-order valence-electron chi connectivity index (χ4n) is 1.17. The smallest absolute Gasteiger partial charge is 0.216 e. The van der Waals surface area contributed by atoms with Crippen LogP contribution in [0.15, 0.2) is 17.5 Å². The molecule has 3 nitrogen and oxygen atoms in total. The molecular weight excluding hydrogens is 196 g/mol. The van der Waals surface area contributed by atoms with Gasteiger partial charge in [0.25, 0.3) is 0 Å². The Balaban J connectivity index is 2.16. The molecule has 1 amide bonds. The molecule has 1 rings (SSSR count). The van der Waals surface area contributed by atoms with Crippen LogP contribution in [0.2, 0.25) is 0 Å². The maximum Gasteiger partial charge on any atom is 0.216 e. The van der Waals surface area contributed by atoms with E-state index in [9.17, 15) is 4.79 Å². The summed E-state index contributed by atoms with van der Waals surface area (Å²) in [5, 5.41) is 8.15. The van der Waals surface area contributed by atoms with Gasteiger partial charge in [-0.3, -0.25) is 4.79 Å². The minimum atomic E-state index is 0.0237. The van der Waals surface area contributed by atoms with Crippen LogP contribution in [0.3, 0.4) is 0 Å². The van der Waals surface area contributed by atoms with Gasteiger partial charge in [0.15, 0.2) is 0 Å². The predicted octanol–water partition coefficient (Wildman–Crippen LogP) is 1.53. The van der Waals surface area contributed by atoms with Gasteiger partial charge in [0.05, 0.1) is 0 Å². The van der Waals surface area contributed by atoms with Crippen molar-refractivity contribution in [3.63, 3.8) is 0 Å². The molecule has 2 N–H and O–H groups in total. The van der Waals surface area contributed by atoms with Crippen molar-refractivity contribution in [1.82, 2.24) is 10.6 Å². The number of thiophene rings is 1. The largest absolute Gasteiger partial charge is 0.355 e. The highest BCUT2D eigenvalue weighted by Crippen LogP contribution is 2.17. The summed E-state index contributed by atoms with van der Waals surface area (Å²) in [6.07, 6.45) is 0. The van der Waals surface area contributed by atoms with Crippen molar-refractivity contribution in [3.05, 3.63) is 22.4 Å². The fraction of sp³-hybridized carbons (Fsp3) is 0.500. The minimum absolute atomic E-state index is 0.0237. The van der Waals surface area contributed by atoms with Crippen LogP contribution in [0, 0.1) is 0 Å². The number of hydrogen-bond acceptors (Lipinski definition) is 3. The van der Waals surface area contributed by atoms with Crippen LogP contribution in [0.5, 0.6) is 0 Å². The van der Waals surface area contributed by atoms with Gasteiger partial charge < -0.3 is 10.6 Å². The van der Waals surface area contributed by atoms with Crippen molar-refractivity contribution >= 4 is 17.2 Å². The molecule has 0 aliphatic carbocycles. The van der Waals surface area contributed by atoms with E-state index in [1.165, 1.54) is 11.8 Å². The van der Waals surface area contributed by atoms with Gasteiger partial charge in [0.2, 0.25) is 5.91 Å². The van der Waals surface area contributed by atoms with E-state index in [1.54, 1.807) is 11.3 Å². The Morgan fingerprint density at radius 3 is 2.93 bits per heavy atom. The number of amides is 1. The molecule has 4 heteroatoms. The highest BCUT2D eigenvalue weighted by atomic mass is 32.1. The molecule has 0 saturated carbocycles. The van der Waals surface area contributed by atoms with Crippen molar-refractivity contribution in [1.29, 1.82) is 0 Å². The Morgan fingerprint density at radius 1 is 1.57 bits per heavy atom. The molecule has 0 aliphatic rings. The molecule has 0 saturated heterocycles. The maximum atomic E-state index is 10.6. The lowest BCUT2D eigenvalue weighted by atomic mass is 10.3. The van der Waals surface area contributed by atoms with Gasteiger partial charge in [-0.1, -0.05) is 6.07 Å². The van der Waals surface area contributed by atoms with Gasteiger partial charge in [-0.25, -0.2) is 0 Å². The van der Waals surface area contributed by atoms with Crippen LogP contribution in [0.4, 0.5) is 0 Å². The van der Waals surface area contributed by atoms with Crippen LogP contribution >= 0.6 is 11.3 Å². The monoisotopic (exact) mass is 212 g/mol. The van der Waals surface area contributed by atoms with E-state index < -0.39 is 0 Å². The van der Waals surface area contributed by atoms with Gasteiger partial charge >= 0.3 is 0 Å². The summed E-state index contributed by atoms with van der Waals surface area (Å²) in [6, 6.07) is 4.52. The molecule has 1 heterocycles. The lowest BCUT2D eigenvalue weighted by molar-refractivity contribution is -0.118. The molecule has 0 spiro atoms. The number of hydrogen-bond donors (Lipinski definition) is 2. The van der Waals surface area contributed by atoms with Crippen molar-refractivity contribution in [2.24, 2.45) is 0 Å². The summed E-state index contributed by atoms with van der Waals surface area (Å²) in [7, 11) is 0. The van der Waals surface area contributed by atoms with Crippen LogP contribution in [0.1, 0.15) is 24.8 Å². The molecule has 0 aliphatic heterocycles. The van der Waals surface area contributed by atoms with E-state index >= 15 is 0 Å². The molecule has 0 aromatic carbocycles. The Kier molecular flexibility index (Phi) is 4.62. The summed E-state index contributed by atoms with van der Waals surface area (Å²) in [6.45, 7) is 5.14. The number of rotatable bonds is 5. The van der Waals surface area contributed by atoms with Crippen molar-refractivity contribution < 1.29 is 4.79 Å². The molecule has 0 radical (unpaired) electrons. The maximum absolute atomic E-state index is 10.6. The van der Waals surface area contributed by atoms with Gasteiger partial charge in [-0.15, -0.1) is 11.3 Å². The zero-order chi connectivity index (χ0) is 10.4. The quantitative estimate of drug-likeness (QED) is 0.727. The molecule has 1 atom stereocenters. The van der Waals surface area contributed by atoms with Crippen LogP contribution in [-0.2, 0) is 4.79 Å². The number of carbonyl (C=O) groups is 1. The second kappa shape index (κ2) is 5.78. The Morgan fingerprint density at radius 2 is 2.36 bits per heavy atom. The third-order valence-electron chi connectivity index (χ3n) is 1.92. The molecule has 78 valence electrons. The van der Waals surface area contributed by atoms with E-state index in [1.807, 2.05) is 6.07 Å². The molecule has 1 aromatic heterocycles. The average Bonchev–Trinajstić information content (AvgIpc) is 2.64. The normalized spacial score (nSPS) is 12.4. The highest BCUT2D eigenvalue weighted by Gasteiger charge is 2.04. The molecular formula is C10H16N2OS. The molecule has 0 fully saturated rings. The second-order valence-corrected chi connectivity index (χ2v) is 4.15. The zero-order valence-corrected chi connectivity index (χ0v) is 9.36. The van der Waals surface area contributed by atoms with E-state index in [-0.39, 0.29) is 5.91 Å². The minimum Gasteiger partial charge on any atom is -0.355 e. The van der Waals surface area contributed by atoms with E-state index in [2.05, 4.69) is 29.0 Å². The van der Waals surface area contributed by atoms with Crippen LogP contribution in [0.25, 0.3) is 0 Å². The van der Waals surface area contributed by atoms with Gasteiger partial charge in [-0.05, 0) is 18.4 Å². The molecule has 0 bridgehead atoms. The van der Waals surface area contributed by atoms with Gasteiger partial charge in [0, 0.05) is 30.9 Å². The molecule has 1 aromatic rings. The number of nitrogens with one attached hydrogen (secondary N) is 2. The predicted molar refractivity (Wildman–Crippen MR) is 59.4 cm³/mol. The first-order chi connectivity index (χ1) is 6.70. The SMILES string of the molecule is CC(=O)NCCNC(C)c1cccs1. The summed E-state index contributed by atoms with van der Waals surface area (Å²) in [5.74, 6) is 0.0237. The van der Waals surface area contributed by atoms with E-state index in [0.717, 1.165) is 6.54 Å². The lowest BCUT2D eigenvalue weighted by Crippen LogP contribution is -2.31. The van der Waals surface area contributed by atoms with Crippen molar-refractivity contribution in [3.8, 4) is 0 Å². The van der Waals surface area contributed by atoms with E-state index in [0.29, 0.717) is 12.6 Å². The van der Waals surface area contributed by atoms with Crippen molar-refractivity contribution in [2.75, 3.05) is 13.1 Å². The Labute approximate surface area is 88.5 Å². The van der Waals surface area contributed by atoms with Crippen LogP contribution in [-0.4, -0.2) is 19.0 Å². The first-order valence-electron chi connectivity index (χ1n) is 4.71. The summed E-state index contributed by atoms with van der Waals surface area (Å²) in [4.78, 5) is 11.9. The van der Waals surface area contributed by atoms with E-state index in [4.69, 9.17) is 0 Å². The van der Waals surface area contributed by atoms with Gasteiger partial charge in [-0.2, -0.15) is 0 Å². The fourth-order valence-corrected chi connectivity index (χ4v) is 1.92. The first kappa shape index (κ1) is 11.2. The third-order valence-corrected chi connectivity index (χ3v) is 2.97. The molecule has 1 unspecified atom stereocenters. The summed E-state index contributed by atoms with van der Waals surface area (Å²) >= 11 is 1.75. The summed E-state index contributed by atoms with van der Waals surface area (Å²) in [5.41, 5.74) is 0. The standard InChI is InChI=1S/C10H16N2OS/c1-8(10-4-3-7-14-10)11-5-6-12-9(2)13/h3-4,7-8,11H,5-6H2,1-2H3,(H,12,13). The highest BCUT2D eigenvalue weighted by molar-refractivity contribution is 7.10. The third kappa shape index (κ3) is 3.89. The van der Waals surface area contributed by atoms with Crippen LogP contribution < -0.4 is 10.6 Å². The first-order valence-corrected chi connectivity index (χ1v) is 5.59. The van der Waals surface area contributed by atoms with Gasteiger partial charge in [0.1, 0.15) is 0 Å². The topological polar surface area (TPSA) is 41.1 Å². The molecule has 14 heavy (non-hydrogen) atoms. The Bertz CT molecular complexity index is 272. The zero-order valence-electron chi connectivity index (χ0n) is 8.54. The Hall–Kier alpha value is -0.870. The second-order valence-electron chi connectivity index (χ2n) is 3.17. The number of carbonyl (C=O) groups excluding carboxylic acids is 1. The average molecular weight is 212 g/mol. The van der Waals surface area contributed by atoms with Crippen molar-refractivity contribution in [2.45, 2.75) is 19.9 Å². The summed E-state index contributed by atoms with van der Waals surface area (Å²) < 4.78 is 0. The lowest BCUT2D eigenvalue weighted by Gasteiger charge is -2.11.